The number of amides is 2. The van der Waals surface area contributed by atoms with E-state index in [1.54, 1.807) is 43.6 Å². The van der Waals surface area contributed by atoms with Gasteiger partial charge in [-0.15, -0.1) is 0 Å². The first-order valence-corrected chi connectivity index (χ1v) is 6.75. The lowest BCUT2D eigenvalue weighted by Gasteiger charge is -2.25. The Balaban J connectivity index is 2.34. The molecule has 0 fully saturated rings. The molecule has 5 nitrogen and oxygen atoms in total. The second kappa shape index (κ2) is 5.92. The molecule has 0 aliphatic carbocycles. The number of hydrogen-bond donors (Lipinski definition) is 2. The van der Waals surface area contributed by atoms with Gasteiger partial charge in [0.2, 0.25) is 5.91 Å². The number of nitrogens with two attached hydrogens (primary N) is 1. The number of aromatic amines is 1. The molecular formula is C14H14BrN3O2. The normalized spacial score (nSPS) is 11.9. The van der Waals surface area contributed by atoms with Gasteiger partial charge in [-0.2, -0.15) is 0 Å². The van der Waals surface area contributed by atoms with Crippen LogP contribution in [0.4, 0.5) is 0 Å². The van der Waals surface area contributed by atoms with E-state index in [0.717, 1.165) is 4.47 Å². The third kappa shape index (κ3) is 2.91. The maximum absolute atomic E-state index is 12.3. The lowest BCUT2D eigenvalue weighted by Crippen LogP contribution is -2.39. The van der Waals surface area contributed by atoms with Crippen LogP contribution < -0.4 is 5.73 Å². The Labute approximate surface area is 124 Å². The first-order chi connectivity index (χ1) is 9.50. The van der Waals surface area contributed by atoms with Crippen molar-refractivity contribution in [1.29, 1.82) is 0 Å². The fourth-order valence-electron chi connectivity index (χ4n) is 2.03. The van der Waals surface area contributed by atoms with E-state index >= 15 is 0 Å². The molecule has 6 heteroatoms. The topological polar surface area (TPSA) is 79.2 Å². The van der Waals surface area contributed by atoms with Gasteiger partial charge < -0.3 is 15.6 Å². The van der Waals surface area contributed by atoms with Crippen LogP contribution >= 0.6 is 15.9 Å². The summed E-state index contributed by atoms with van der Waals surface area (Å²) in [4.78, 5) is 28.2. The largest absolute Gasteiger partial charge is 0.368 e. The van der Waals surface area contributed by atoms with E-state index in [1.807, 2.05) is 6.07 Å². The second-order valence-corrected chi connectivity index (χ2v) is 5.28. The average Bonchev–Trinajstić information content (AvgIpc) is 2.91. The van der Waals surface area contributed by atoms with Gasteiger partial charge in [-0.3, -0.25) is 9.59 Å². The zero-order chi connectivity index (χ0) is 14.7. The molecule has 2 amide bonds. The molecule has 0 unspecified atom stereocenters. The van der Waals surface area contributed by atoms with Gasteiger partial charge in [0, 0.05) is 17.7 Å². The molecule has 1 heterocycles. The summed E-state index contributed by atoms with van der Waals surface area (Å²) < 4.78 is 0.821. The summed E-state index contributed by atoms with van der Waals surface area (Å²) in [5.74, 6) is -0.871. The molecule has 0 bridgehead atoms. The van der Waals surface area contributed by atoms with Crippen LogP contribution in [0.5, 0.6) is 0 Å². The number of halogens is 1. The smallest absolute Gasteiger partial charge is 0.270 e. The zero-order valence-electron chi connectivity index (χ0n) is 10.8. The molecule has 20 heavy (non-hydrogen) atoms. The van der Waals surface area contributed by atoms with E-state index in [0.29, 0.717) is 11.3 Å². The molecule has 0 aliphatic heterocycles. The number of likely N-dealkylation sites (N-methyl/N-ethyl adjacent to an activating group) is 1. The monoisotopic (exact) mass is 335 g/mol. The predicted molar refractivity (Wildman–Crippen MR) is 79.0 cm³/mol. The van der Waals surface area contributed by atoms with Crippen molar-refractivity contribution in [2.75, 3.05) is 7.05 Å². The van der Waals surface area contributed by atoms with E-state index < -0.39 is 11.9 Å². The predicted octanol–water partition coefficient (Wildman–Crippen LogP) is 2.08. The van der Waals surface area contributed by atoms with Gasteiger partial charge in [-0.05, 0) is 29.8 Å². The van der Waals surface area contributed by atoms with E-state index in [-0.39, 0.29) is 5.91 Å². The third-order valence-corrected chi connectivity index (χ3v) is 3.46. The van der Waals surface area contributed by atoms with Crippen molar-refractivity contribution in [3.8, 4) is 0 Å². The van der Waals surface area contributed by atoms with Crippen LogP contribution in [-0.4, -0.2) is 28.7 Å². The number of benzene rings is 1. The number of rotatable bonds is 4. The minimum absolute atomic E-state index is 0.293. The molecule has 1 aromatic carbocycles. The summed E-state index contributed by atoms with van der Waals surface area (Å²) in [6, 6.07) is 9.73. The van der Waals surface area contributed by atoms with Crippen LogP contribution in [-0.2, 0) is 4.79 Å². The van der Waals surface area contributed by atoms with Crippen molar-refractivity contribution >= 4 is 27.7 Å². The Morgan fingerprint density at radius 1 is 1.30 bits per heavy atom. The van der Waals surface area contributed by atoms with Crippen LogP contribution in [0, 0.1) is 0 Å². The number of carbonyl (C=O) groups is 2. The van der Waals surface area contributed by atoms with E-state index in [9.17, 15) is 9.59 Å². The minimum Gasteiger partial charge on any atom is -0.368 e. The first kappa shape index (κ1) is 14.3. The number of primary amides is 1. The van der Waals surface area contributed by atoms with Gasteiger partial charge >= 0.3 is 0 Å². The van der Waals surface area contributed by atoms with Crippen molar-refractivity contribution in [2.24, 2.45) is 5.73 Å². The molecule has 2 aromatic rings. The SMILES string of the molecule is CN(C(=O)c1ccc[nH]1)[C@@H](C(N)=O)c1cccc(Br)c1. The summed E-state index contributed by atoms with van der Waals surface area (Å²) in [6.07, 6.45) is 1.65. The van der Waals surface area contributed by atoms with Crippen molar-refractivity contribution in [3.63, 3.8) is 0 Å². The van der Waals surface area contributed by atoms with Gasteiger partial charge in [0.25, 0.3) is 5.91 Å². The van der Waals surface area contributed by atoms with Crippen molar-refractivity contribution in [2.45, 2.75) is 6.04 Å². The van der Waals surface area contributed by atoms with Gasteiger partial charge in [-0.25, -0.2) is 0 Å². The highest BCUT2D eigenvalue weighted by Gasteiger charge is 2.27. The first-order valence-electron chi connectivity index (χ1n) is 5.96. The molecule has 0 saturated heterocycles. The van der Waals surface area contributed by atoms with Crippen LogP contribution in [0.3, 0.4) is 0 Å². The number of H-pyrrole nitrogens is 1. The lowest BCUT2D eigenvalue weighted by molar-refractivity contribution is -0.122. The lowest BCUT2D eigenvalue weighted by atomic mass is 10.0. The molecule has 2 rings (SSSR count). The number of nitrogens with zero attached hydrogens (tertiary/aromatic N) is 1. The highest BCUT2D eigenvalue weighted by Crippen LogP contribution is 2.23. The molecule has 0 spiro atoms. The Bertz CT molecular complexity index is 625. The fraction of sp³-hybridized carbons (Fsp3) is 0.143. The van der Waals surface area contributed by atoms with Crippen LogP contribution in [0.1, 0.15) is 22.1 Å². The highest BCUT2D eigenvalue weighted by molar-refractivity contribution is 9.10. The molecule has 1 atom stereocenters. The number of aromatic nitrogens is 1. The second-order valence-electron chi connectivity index (χ2n) is 4.36. The molecular weight excluding hydrogens is 322 g/mol. The van der Waals surface area contributed by atoms with Gasteiger partial charge in [0.15, 0.2) is 0 Å². The fourth-order valence-corrected chi connectivity index (χ4v) is 2.44. The summed E-state index contributed by atoms with van der Waals surface area (Å²) in [5, 5.41) is 0. The average molecular weight is 336 g/mol. The zero-order valence-corrected chi connectivity index (χ0v) is 12.4. The molecule has 0 saturated carbocycles. The summed E-state index contributed by atoms with van der Waals surface area (Å²) in [5.41, 5.74) is 6.52. The maximum Gasteiger partial charge on any atom is 0.270 e. The number of nitrogens with one attached hydrogen (secondary N) is 1. The Morgan fingerprint density at radius 3 is 2.60 bits per heavy atom. The molecule has 104 valence electrons. The molecule has 0 aliphatic rings. The standard InChI is InChI=1S/C14H14BrN3O2/c1-18(14(20)11-6-3-7-17-11)12(13(16)19)9-4-2-5-10(15)8-9/h2-8,12,17H,1H3,(H2,16,19)/t12-/m1/s1. The van der Waals surface area contributed by atoms with E-state index in [1.165, 1.54) is 4.90 Å². The number of hydrogen-bond acceptors (Lipinski definition) is 2. The number of carbonyl (C=O) groups excluding carboxylic acids is 2. The minimum atomic E-state index is -0.816. The summed E-state index contributed by atoms with van der Waals surface area (Å²) in [7, 11) is 1.56. The van der Waals surface area contributed by atoms with Gasteiger partial charge in [-0.1, -0.05) is 28.1 Å². The van der Waals surface area contributed by atoms with Gasteiger partial charge in [0.1, 0.15) is 11.7 Å². The molecule has 1 aromatic heterocycles. The van der Waals surface area contributed by atoms with Crippen molar-refractivity contribution in [3.05, 3.63) is 58.3 Å². The van der Waals surface area contributed by atoms with E-state index in [2.05, 4.69) is 20.9 Å². The van der Waals surface area contributed by atoms with Crippen LogP contribution in [0.2, 0.25) is 0 Å². The maximum atomic E-state index is 12.3. The van der Waals surface area contributed by atoms with Gasteiger partial charge in [0.05, 0.1) is 0 Å². The van der Waals surface area contributed by atoms with Crippen LogP contribution in [0.25, 0.3) is 0 Å². The Morgan fingerprint density at radius 2 is 2.05 bits per heavy atom. The summed E-state index contributed by atoms with van der Waals surface area (Å²) >= 11 is 3.34. The van der Waals surface area contributed by atoms with Crippen molar-refractivity contribution < 1.29 is 9.59 Å². The molecule has 3 N–H and O–H groups in total. The van der Waals surface area contributed by atoms with Crippen LogP contribution in [0.15, 0.2) is 47.1 Å². The Hall–Kier alpha value is -2.08. The van der Waals surface area contributed by atoms with E-state index in [4.69, 9.17) is 5.73 Å². The summed E-state index contributed by atoms with van der Waals surface area (Å²) in [6.45, 7) is 0. The highest BCUT2D eigenvalue weighted by atomic mass is 79.9. The molecule has 0 radical (unpaired) electrons. The third-order valence-electron chi connectivity index (χ3n) is 2.97. The quantitative estimate of drug-likeness (QED) is 0.896. The Kier molecular flexibility index (Phi) is 4.24. The van der Waals surface area contributed by atoms with Crippen molar-refractivity contribution in [1.82, 2.24) is 9.88 Å².